The number of hydrogen-bond acceptors (Lipinski definition) is 7. The number of aromatic nitrogens is 2. The lowest BCUT2D eigenvalue weighted by Gasteiger charge is -2.41. The van der Waals surface area contributed by atoms with Gasteiger partial charge in [0.05, 0.1) is 30.1 Å². The molecule has 12 heteroatoms. The molecule has 0 radical (unpaired) electrons. The van der Waals surface area contributed by atoms with Crippen molar-refractivity contribution in [1.29, 1.82) is 0 Å². The molecule has 228 valence electrons. The average Bonchev–Trinajstić information content (AvgIpc) is 3.42. The Morgan fingerprint density at radius 2 is 1.74 bits per heavy atom. The minimum Gasteiger partial charge on any atom is -0.387 e. The van der Waals surface area contributed by atoms with Crippen LogP contribution in [-0.4, -0.2) is 74.9 Å². The molecule has 2 N–H and O–H groups in total. The third kappa shape index (κ3) is 6.80. The first-order chi connectivity index (χ1) is 20.6. The highest BCUT2D eigenvalue weighted by molar-refractivity contribution is 5.98. The Morgan fingerprint density at radius 1 is 1.05 bits per heavy atom. The number of rotatable bonds is 7. The van der Waals surface area contributed by atoms with E-state index in [-0.39, 0.29) is 24.1 Å². The van der Waals surface area contributed by atoms with Gasteiger partial charge in [-0.2, -0.15) is 13.2 Å². The normalized spacial score (nSPS) is 22.7. The van der Waals surface area contributed by atoms with E-state index in [0.29, 0.717) is 56.6 Å². The van der Waals surface area contributed by atoms with Crippen LogP contribution in [0.25, 0.3) is 11.3 Å². The molecule has 1 saturated carbocycles. The Hall–Kier alpha value is -4.03. The number of nitrogens with zero attached hydrogens (tertiary/aromatic N) is 3. The van der Waals surface area contributed by atoms with Crippen LogP contribution in [0.15, 0.2) is 67.0 Å². The second-order valence-electron chi connectivity index (χ2n) is 11.1. The van der Waals surface area contributed by atoms with Crippen molar-refractivity contribution >= 4 is 17.8 Å². The Kier molecular flexibility index (Phi) is 8.97. The third-order valence-corrected chi connectivity index (χ3v) is 8.15. The van der Waals surface area contributed by atoms with Gasteiger partial charge >= 0.3 is 18.1 Å². The molecule has 2 aliphatic rings. The van der Waals surface area contributed by atoms with E-state index in [9.17, 15) is 32.7 Å². The molecule has 2 heterocycles. The van der Waals surface area contributed by atoms with E-state index in [2.05, 4.69) is 15.0 Å². The standard InChI is InChI=1S/C31H33F3N4O5/c32-31(33,34)29(41)43-25(39)18-30(42)14-8-7-13-24(30)38-20-36-26(27(38)22-11-5-2-6-12-22)28(40)37-16-15-35-19-23(37)17-21-9-3-1-4-10-21/h1-6,9-12,20,23-24,35,42H,7-8,13-19H2/t23-,24+,30?/m1/s1. The number of nitrogens with one attached hydrogen (secondary N) is 1. The lowest BCUT2D eigenvalue weighted by molar-refractivity contribution is -0.203. The van der Waals surface area contributed by atoms with E-state index in [4.69, 9.17) is 0 Å². The topological polar surface area (TPSA) is 114 Å². The van der Waals surface area contributed by atoms with Crippen molar-refractivity contribution < 1.29 is 37.4 Å². The van der Waals surface area contributed by atoms with Gasteiger partial charge in [0, 0.05) is 31.2 Å². The first-order valence-corrected chi connectivity index (χ1v) is 14.3. The smallest absolute Gasteiger partial charge is 0.387 e. The van der Waals surface area contributed by atoms with Crippen LogP contribution in [0.2, 0.25) is 0 Å². The van der Waals surface area contributed by atoms with Crippen molar-refractivity contribution in [3.05, 3.63) is 78.2 Å². The Labute approximate surface area is 246 Å². The Bertz CT molecular complexity index is 1450. The Balaban J connectivity index is 1.49. The van der Waals surface area contributed by atoms with Crippen LogP contribution in [-0.2, 0) is 20.7 Å². The fourth-order valence-electron chi connectivity index (χ4n) is 6.12. The molecule has 1 aliphatic heterocycles. The Morgan fingerprint density at radius 3 is 2.44 bits per heavy atom. The fraction of sp³-hybridized carbons (Fsp3) is 0.419. The number of esters is 2. The maximum Gasteiger partial charge on any atom is 0.491 e. The van der Waals surface area contributed by atoms with Crippen molar-refractivity contribution in [2.75, 3.05) is 19.6 Å². The minimum atomic E-state index is -5.34. The van der Waals surface area contributed by atoms with E-state index in [0.717, 1.165) is 5.56 Å². The monoisotopic (exact) mass is 598 g/mol. The van der Waals surface area contributed by atoms with Crippen LogP contribution in [0.1, 0.15) is 54.2 Å². The third-order valence-electron chi connectivity index (χ3n) is 8.15. The number of alkyl halides is 3. The highest BCUT2D eigenvalue weighted by atomic mass is 19.4. The van der Waals surface area contributed by atoms with Gasteiger partial charge in [-0.25, -0.2) is 9.78 Å². The van der Waals surface area contributed by atoms with Crippen molar-refractivity contribution in [1.82, 2.24) is 19.8 Å². The number of halogens is 3. The number of ether oxygens (including phenoxy) is 1. The molecule has 1 saturated heterocycles. The van der Waals surface area contributed by atoms with E-state index < -0.39 is 36.2 Å². The van der Waals surface area contributed by atoms with E-state index in [1.165, 1.54) is 6.33 Å². The summed E-state index contributed by atoms with van der Waals surface area (Å²) in [5.74, 6) is -4.39. The second kappa shape index (κ2) is 12.7. The summed E-state index contributed by atoms with van der Waals surface area (Å²) in [5.41, 5.74) is 0.518. The van der Waals surface area contributed by atoms with Crippen LogP contribution in [0, 0.1) is 0 Å². The highest BCUT2D eigenvalue weighted by Crippen LogP contribution is 2.43. The molecule has 0 bridgehead atoms. The van der Waals surface area contributed by atoms with Gasteiger partial charge in [0.15, 0.2) is 5.69 Å². The van der Waals surface area contributed by atoms with Crippen molar-refractivity contribution in [3.63, 3.8) is 0 Å². The number of hydrogen-bond donors (Lipinski definition) is 2. The van der Waals surface area contributed by atoms with Crippen LogP contribution < -0.4 is 5.32 Å². The predicted molar refractivity (Wildman–Crippen MR) is 150 cm³/mol. The molecular weight excluding hydrogens is 565 g/mol. The first-order valence-electron chi connectivity index (χ1n) is 14.3. The summed E-state index contributed by atoms with van der Waals surface area (Å²) in [6, 6.07) is 18.0. The largest absolute Gasteiger partial charge is 0.491 e. The maximum absolute atomic E-state index is 14.2. The van der Waals surface area contributed by atoms with Crippen molar-refractivity contribution in [2.24, 2.45) is 0 Å². The number of imidazole rings is 1. The lowest BCUT2D eigenvalue weighted by Crippen LogP contribution is -2.54. The van der Waals surface area contributed by atoms with Crippen molar-refractivity contribution in [2.45, 2.75) is 62.4 Å². The van der Waals surface area contributed by atoms with Crippen molar-refractivity contribution in [3.8, 4) is 11.3 Å². The molecule has 5 rings (SSSR count). The number of amides is 1. The molecule has 1 aromatic heterocycles. The van der Waals surface area contributed by atoms with E-state index >= 15 is 0 Å². The molecule has 43 heavy (non-hydrogen) atoms. The summed E-state index contributed by atoms with van der Waals surface area (Å²) in [4.78, 5) is 44.2. The van der Waals surface area contributed by atoms with E-state index in [1.54, 1.807) is 21.6 Å². The van der Waals surface area contributed by atoms with Gasteiger partial charge in [0.2, 0.25) is 0 Å². The molecule has 3 atom stereocenters. The van der Waals surface area contributed by atoms with E-state index in [1.807, 2.05) is 48.5 Å². The minimum absolute atomic E-state index is 0.0829. The summed E-state index contributed by atoms with van der Waals surface area (Å²) in [6.07, 6.45) is -2.46. The number of aliphatic hydroxyl groups is 1. The molecule has 2 aromatic carbocycles. The lowest BCUT2D eigenvalue weighted by atomic mass is 9.77. The molecule has 1 amide bonds. The maximum atomic E-state index is 14.2. The van der Waals surface area contributed by atoms with Gasteiger partial charge in [-0.15, -0.1) is 0 Å². The van der Waals surface area contributed by atoms with Crippen LogP contribution in [0.3, 0.4) is 0 Å². The second-order valence-corrected chi connectivity index (χ2v) is 11.1. The zero-order valence-electron chi connectivity index (χ0n) is 23.4. The number of benzene rings is 2. The average molecular weight is 599 g/mol. The van der Waals surface area contributed by atoms with Crippen LogP contribution in [0.4, 0.5) is 13.2 Å². The summed E-state index contributed by atoms with van der Waals surface area (Å²) >= 11 is 0. The highest BCUT2D eigenvalue weighted by Gasteiger charge is 2.47. The molecule has 2 fully saturated rings. The SMILES string of the molecule is O=C(CC1(O)CCCC[C@@H]1n1cnc(C(=O)N2CCNC[C@H]2Cc2ccccc2)c1-c1ccccc1)OC(=O)C(F)(F)F. The van der Waals surface area contributed by atoms with Gasteiger partial charge in [-0.05, 0) is 24.8 Å². The summed E-state index contributed by atoms with van der Waals surface area (Å²) in [5, 5.41) is 15.1. The first kappa shape index (κ1) is 30.4. The number of carbonyl (C=O) groups excluding carboxylic acids is 3. The van der Waals surface area contributed by atoms with Gasteiger partial charge < -0.3 is 24.6 Å². The van der Waals surface area contributed by atoms with Gasteiger partial charge in [0.25, 0.3) is 5.91 Å². The number of carbonyl (C=O) groups is 3. The zero-order valence-corrected chi connectivity index (χ0v) is 23.4. The molecule has 9 nitrogen and oxygen atoms in total. The zero-order chi connectivity index (χ0) is 30.6. The molecular formula is C31H33F3N4O5. The number of piperazine rings is 1. The molecule has 1 aliphatic carbocycles. The van der Waals surface area contributed by atoms with Gasteiger partial charge in [-0.3, -0.25) is 9.59 Å². The summed E-state index contributed by atoms with van der Waals surface area (Å²) < 4.78 is 43.8. The quantitative estimate of drug-likeness (QED) is 0.311. The van der Waals surface area contributed by atoms with Crippen LogP contribution in [0.5, 0.6) is 0 Å². The molecule has 0 spiro atoms. The summed E-state index contributed by atoms with van der Waals surface area (Å²) in [6.45, 7) is 1.67. The van der Waals surface area contributed by atoms with Gasteiger partial charge in [-0.1, -0.05) is 73.5 Å². The predicted octanol–water partition coefficient (Wildman–Crippen LogP) is 4.08. The summed E-state index contributed by atoms with van der Waals surface area (Å²) in [7, 11) is 0. The van der Waals surface area contributed by atoms with Crippen LogP contribution >= 0.6 is 0 Å². The fourth-order valence-corrected chi connectivity index (χ4v) is 6.12. The molecule has 3 aromatic rings. The van der Waals surface area contributed by atoms with Gasteiger partial charge in [0.1, 0.15) is 0 Å². The molecule has 1 unspecified atom stereocenters.